The third kappa shape index (κ3) is 6.09. The van der Waals surface area contributed by atoms with Gasteiger partial charge in [0.05, 0.1) is 6.61 Å². The standard InChI is InChI=1S/C26H28ClNO4S/c1-5-8-21-15-20(17-28-24-10-7-9-23(27)19(24)4)16-25(31-6-2)26(21)32-33(29,30)22-13-11-18(3)12-14-22/h5,7,9-16,28H,1,6,8,17H2,2-4H3. The molecular weight excluding hydrogens is 458 g/mol. The van der Waals surface area contributed by atoms with Gasteiger partial charge in [-0.3, -0.25) is 0 Å². The van der Waals surface area contributed by atoms with Crippen LogP contribution in [0, 0.1) is 13.8 Å². The van der Waals surface area contributed by atoms with Gasteiger partial charge < -0.3 is 14.2 Å². The zero-order chi connectivity index (χ0) is 24.0. The Bertz CT molecular complexity index is 1240. The van der Waals surface area contributed by atoms with Crippen molar-refractivity contribution in [2.24, 2.45) is 0 Å². The molecule has 3 rings (SSSR count). The topological polar surface area (TPSA) is 64.6 Å². The lowest BCUT2D eigenvalue weighted by atomic mass is 10.1. The molecule has 0 unspecified atom stereocenters. The van der Waals surface area contributed by atoms with Gasteiger partial charge in [0.2, 0.25) is 0 Å². The van der Waals surface area contributed by atoms with Crippen molar-refractivity contribution in [3.05, 3.63) is 94.5 Å². The van der Waals surface area contributed by atoms with E-state index in [1.54, 1.807) is 24.3 Å². The molecule has 0 fully saturated rings. The number of allylic oxidation sites excluding steroid dienone is 1. The van der Waals surface area contributed by atoms with E-state index >= 15 is 0 Å². The summed E-state index contributed by atoms with van der Waals surface area (Å²) in [5.74, 6) is 0.548. The molecule has 0 aliphatic rings. The number of hydrogen-bond acceptors (Lipinski definition) is 5. The van der Waals surface area contributed by atoms with Gasteiger partial charge in [-0.1, -0.05) is 41.4 Å². The summed E-state index contributed by atoms with van der Waals surface area (Å²) in [7, 11) is -4.03. The largest absolute Gasteiger partial charge is 0.490 e. The lowest BCUT2D eigenvalue weighted by molar-refractivity contribution is 0.326. The molecule has 3 aromatic carbocycles. The minimum absolute atomic E-state index is 0.0854. The van der Waals surface area contributed by atoms with Crippen LogP contribution in [-0.2, 0) is 23.1 Å². The molecular formula is C26H28ClNO4S. The first-order chi connectivity index (χ1) is 15.7. The Kier molecular flexibility index (Phi) is 8.06. The fraction of sp³-hybridized carbons (Fsp3) is 0.231. The SMILES string of the molecule is C=CCc1cc(CNc2cccc(Cl)c2C)cc(OCC)c1OS(=O)(=O)c1ccc(C)cc1. The molecule has 0 heterocycles. The number of aryl methyl sites for hydroxylation is 1. The van der Waals surface area contributed by atoms with Crippen molar-refractivity contribution < 1.29 is 17.3 Å². The van der Waals surface area contributed by atoms with Gasteiger partial charge in [0.25, 0.3) is 0 Å². The smallest absolute Gasteiger partial charge is 0.339 e. The molecule has 0 radical (unpaired) electrons. The Morgan fingerprint density at radius 3 is 2.48 bits per heavy atom. The average Bonchev–Trinajstić information content (AvgIpc) is 2.77. The number of anilines is 1. The molecule has 0 aromatic heterocycles. The molecule has 0 bridgehead atoms. The maximum Gasteiger partial charge on any atom is 0.339 e. The molecule has 0 aliphatic carbocycles. The molecule has 33 heavy (non-hydrogen) atoms. The summed E-state index contributed by atoms with van der Waals surface area (Å²) in [6.45, 7) is 10.3. The Morgan fingerprint density at radius 1 is 1.09 bits per heavy atom. The summed E-state index contributed by atoms with van der Waals surface area (Å²) in [6.07, 6.45) is 2.12. The van der Waals surface area contributed by atoms with E-state index in [-0.39, 0.29) is 10.6 Å². The molecule has 174 valence electrons. The summed E-state index contributed by atoms with van der Waals surface area (Å²) < 4.78 is 37.3. The van der Waals surface area contributed by atoms with E-state index in [1.807, 2.05) is 45.0 Å². The first kappa shape index (κ1) is 24.7. The summed E-state index contributed by atoms with van der Waals surface area (Å²) in [5.41, 5.74) is 4.43. The molecule has 0 saturated carbocycles. The fourth-order valence-electron chi connectivity index (χ4n) is 3.35. The lowest BCUT2D eigenvalue weighted by Gasteiger charge is -2.18. The van der Waals surface area contributed by atoms with E-state index < -0.39 is 10.1 Å². The second-order valence-electron chi connectivity index (χ2n) is 7.62. The van der Waals surface area contributed by atoms with E-state index in [0.717, 1.165) is 22.4 Å². The van der Waals surface area contributed by atoms with Crippen molar-refractivity contribution in [3.8, 4) is 11.5 Å². The van der Waals surface area contributed by atoms with Crippen LogP contribution in [0.1, 0.15) is 29.2 Å². The highest BCUT2D eigenvalue weighted by molar-refractivity contribution is 7.87. The first-order valence-corrected chi connectivity index (χ1v) is 12.4. The Morgan fingerprint density at radius 2 is 1.82 bits per heavy atom. The Balaban J connectivity index is 1.96. The van der Waals surface area contributed by atoms with Crippen molar-refractivity contribution in [1.82, 2.24) is 0 Å². The molecule has 0 atom stereocenters. The van der Waals surface area contributed by atoms with Crippen LogP contribution in [0.25, 0.3) is 0 Å². The van der Waals surface area contributed by atoms with Gasteiger partial charge in [0, 0.05) is 22.8 Å². The second kappa shape index (κ2) is 10.8. The van der Waals surface area contributed by atoms with Gasteiger partial charge in [0.15, 0.2) is 11.5 Å². The Labute approximate surface area is 201 Å². The quantitative estimate of drug-likeness (QED) is 0.263. The number of hydrogen-bond donors (Lipinski definition) is 1. The van der Waals surface area contributed by atoms with E-state index in [2.05, 4.69) is 11.9 Å². The summed E-state index contributed by atoms with van der Waals surface area (Å²) in [4.78, 5) is 0.0854. The van der Waals surface area contributed by atoms with Crippen molar-refractivity contribution >= 4 is 27.4 Å². The van der Waals surface area contributed by atoms with Crippen LogP contribution in [0.2, 0.25) is 5.02 Å². The summed E-state index contributed by atoms with van der Waals surface area (Å²) in [5, 5.41) is 4.07. The molecule has 0 aliphatic heterocycles. The van der Waals surface area contributed by atoms with Gasteiger partial charge in [-0.05, 0) is 74.7 Å². The van der Waals surface area contributed by atoms with Crippen LogP contribution >= 0.6 is 11.6 Å². The lowest BCUT2D eigenvalue weighted by Crippen LogP contribution is -2.13. The van der Waals surface area contributed by atoms with E-state index in [4.69, 9.17) is 20.5 Å². The van der Waals surface area contributed by atoms with Gasteiger partial charge in [-0.15, -0.1) is 6.58 Å². The van der Waals surface area contributed by atoms with Crippen molar-refractivity contribution in [2.45, 2.75) is 38.6 Å². The van der Waals surface area contributed by atoms with E-state index in [0.29, 0.717) is 35.9 Å². The van der Waals surface area contributed by atoms with Gasteiger partial charge in [-0.2, -0.15) is 8.42 Å². The van der Waals surface area contributed by atoms with Crippen LogP contribution in [0.3, 0.4) is 0 Å². The first-order valence-electron chi connectivity index (χ1n) is 10.6. The minimum atomic E-state index is -4.03. The number of rotatable bonds is 10. The van der Waals surface area contributed by atoms with Crippen molar-refractivity contribution in [1.29, 1.82) is 0 Å². The number of halogens is 1. The van der Waals surface area contributed by atoms with Crippen LogP contribution in [-0.4, -0.2) is 15.0 Å². The average molecular weight is 486 g/mol. The predicted molar refractivity (Wildman–Crippen MR) is 134 cm³/mol. The molecule has 1 N–H and O–H groups in total. The maximum atomic E-state index is 13.0. The van der Waals surface area contributed by atoms with Gasteiger partial charge >= 0.3 is 10.1 Å². The summed E-state index contributed by atoms with van der Waals surface area (Å²) in [6, 6.07) is 15.9. The van der Waals surface area contributed by atoms with E-state index in [1.165, 1.54) is 12.1 Å². The highest BCUT2D eigenvalue weighted by Crippen LogP contribution is 2.36. The van der Waals surface area contributed by atoms with Crippen LogP contribution < -0.4 is 14.2 Å². The summed E-state index contributed by atoms with van der Waals surface area (Å²) >= 11 is 6.23. The van der Waals surface area contributed by atoms with Crippen LogP contribution in [0.15, 0.2) is 72.1 Å². The van der Waals surface area contributed by atoms with Crippen molar-refractivity contribution in [2.75, 3.05) is 11.9 Å². The number of benzene rings is 3. The molecule has 0 amide bonds. The third-order valence-electron chi connectivity index (χ3n) is 5.11. The Hall–Kier alpha value is -2.96. The number of nitrogens with one attached hydrogen (secondary N) is 1. The van der Waals surface area contributed by atoms with Gasteiger partial charge in [0.1, 0.15) is 4.90 Å². The second-order valence-corrected chi connectivity index (χ2v) is 9.58. The monoisotopic (exact) mass is 485 g/mol. The minimum Gasteiger partial charge on any atom is -0.490 e. The highest BCUT2D eigenvalue weighted by Gasteiger charge is 2.22. The molecule has 3 aromatic rings. The number of ether oxygens (including phenoxy) is 1. The highest BCUT2D eigenvalue weighted by atomic mass is 35.5. The normalized spacial score (nSPS) is 11.2. The molecule has 0 spiro atoms. The molecule has 5 nitrogen and oxygen atoms in total. The van der Waals surface area contributed by atoms with Crippen molar-refractivity contribution in [3.63, 3.8) is 0 Å². The van der Waals surface area contributed by atoms with Gasteiger partial charge in [-0.25, -0.2) is 0 Å². The maximum absolute atomic E-state index is 13.0. The zero-order valence-electron chi connectivity index (χ0n) is 19.0. The molecule has 0 saturated heterocycles. The predicted octanol–water partition coefficient (Wildman–Crippen LogP) is 6.46. The fourth-order valence-corrected chi connectivity index (χ4v) is 4.50. The zero-order valence-corrected chi connectivity index (χ0v) is 20.6. The van der Waals surface area contributed by atoms with Crippen LogP contribution in [0.5, 0.6) is 11.5 Å². The molecule has 7 heteroatoms. The van der Waals surface area contributed by atoms with Crippen LogP contribution in [0.4, 0.5) is 5.69 Å². The third-order valence-corrected chi connectivity index (χ3v) is 6.75. The van der Waals surface area contributed by atoms with E-state index in [9.17, 15) is 8.42 Å².